The fourth-order valence-electron chi connectivity index (χ4n) is 1.09. The lowest BCUT2D eigenvalue weighted by atomic mass is 10.2. The SMILES string of the molecule is CC(C)CNC(=O)c1cc(Br)c(Cl)cc1F. The highest BCUT2D eigenvalue weighted by Crippen LogP contribution is 2.25. The average Bonchev–Trinajstić information content (AvgIpc) is 2.20. The predicted molar refractivity (Wildman–Crippen MR) is 66.3 cm³/mol. The fourth-order valence-corrected chi connectivity index (χ4v) is 1.58. The van der Waals surface area contributed by atoms with Gasteiger partial charge in [0.1, 0.15) is 5.82 Å². The minimum atomic E-state index is -0.616. The standard InChI is InChI=1S/C11H12BrClFNO/c1-6(2)5-15-11(16)7-3-8(12)9(13)4-10(7)14/h3-4,6H,5H2,1-2H3,(H,15,16). The molecule has 1 aromatic rings. The molecule has 0 aliphatic carbocycles. The summed E-state index contributed by atoms with van der Waals surface area (Å²) in [6.45, 7) is 4.45. The molecule has 16 heavy (non-hydrogen) atoms. The number of hydrogen-bond donors (Lipinski definition) is 1. The van der Waals surface area contributed by atoms with Gasteiger partial charge in [-0.2, -0.15) is 0 Å². The lowest BCUT2D eigenvalue weighted by molar-refractivity contribution is 0.0945. The Morgan fingerprint density at radius 2 is 2.19 bits per heavy atom. The molecule has 0 heterocycles. The van der Waals surface area contributed by atoms with Crippen LogP contribution in [0.15, 0.2) is 16.6 Å². The highest BCUT2D eigenvalue weighted by molar-refractivity contribution is 9.10. The Hall–Kier alpha value is -0.610. The van der Waals surface area contributed by atoms with E-state index in [0.29, 0.717) is 16.9 Å². The smallest absolute Gasteiger partial charge is 0.254 e. The molecule has 0 aliphatic heterocycles. The van der Waals surface area contributed by atoms with E-state index in [1.807, 2.05) is 13.8 Å². The monoisotopic (exact) mass is 307 g/mol. The van der Waals surface area contributed by atoms with Crippen LogP contribution >= 0.6 is 27.5 Å². The van der Waals surface area contributed by atoms with Crippen molar-refractivity contribution in [3.05, 3.63) is 33.0 Å². The Balaban J connectivity index is 2.87. The maximum Gasteiger partial charge on any atom is 0.254 e. The van der Waals surface area contributed by atoms with Crippen molar-refractivity contribution < 1.29 is 9.18 Å². The van der Waals surface area contributed by atoms with Gasteiger partial charge in [-0.1, -0.05) is 25.4 Å². The number of carbonyl (C=O) groups is 1. The summed E-state index contributed by atoms with van der Waals surface area (Å²) < 4.78 is 13.9. The van der Waals surface area contributed by atoms with Crippen LogP contribution in [-0.4, -0.2) is 12.5 Å². The molecule has 1 aromatic carbocycles. The van der Waals surface area contributed by atoms with Crippen LogP contribution < -0.4 is 5.32 Å². The molecule has 0 aromatic heterocycles. The highest BCUT2D eigenvalue weighted by Gasteiger charge is 2.14. The van der Waals surface area contributed by atoms with Crippen molar-refractivity contribution in [1.29, 1.82) is 0 Å². The van der Waals surface area contributed by atoms with Gasteiger partial charge in [-0.15, -0.1) is 0 Å². The van der Waals surface area contributed by atoms with Crippen molar-refractivity contribution in [2.24, 2.45) is 5.92 Å². The number of carbonyl (C=O) groups excluding carboxylic acids is 1. The molecular formula is C11H12BrClFNO. The lowest BCUT2D eigenvalue weighted by Crippen LogP contribution is -2.28. The van der Waals surface area contributed by atoms with Crippen LogP contribution in [0.25, 0.3) is 0 Å². The molecule has 0 saturated carbocycles. The molecule has 1 N–H and O–H groups in total. The van der Waals surface area contributed by atoms with Crippen molar-refractivity contribution in [3.63, 3.8) is 0 Å². The zero-order valence-electron chi connectivity index (χ0n) is 8.98. The average molecular weight is 309 g/mol. The number of nitrogens with one attached hydrogen (secondary N) is 1. The number of rotatable bonds is 3. The molecule has 1 rings (SSSR count). The van der Waals surface area contributed by atoms with E-state index < -0.39 is 11.7 Å². The van der Waals surface area contributed by atoms with E-state index in [9.17, 15) is 9.18 Å². The first-order valence-electron chi connectivity index (χ1n) is 4.84. The first kappa shape index (κ1) is 13.5. The second-order valence-electron chi connectivity index (χ2n) is 3.85. The summed E-state index contributed by atoms with van der Waals surface area (Å²) >= 11 is 8.85. The molecule has 88 valence electrons. The summed E-state index contributed by atoms with van der Waals surface area (Å²) in [6, 6.07) is 2.50. The third-order valence-electron chi connectivity index (χ3n) is 1.93. The van der Waals surface area contributed by atoms with E-state index in [0.717, 1.165) is 6.07 Å². The summed E-state index contributed by atoms with van der Waals surface area (Å²) in [5.74, 6) is -0.722. The van der Waals surface area contributed by atoms with Crippen molar-refractivity contribution in [2.75, 3.05) is 6.54 Å². The zero-order valence-corrected chi connectivity index (χ0v) is 11.3. The molecule has 1 amide bonds. The first-order chi connectivity index (χ1) is 7.41. The molecule has 2 nitrogen and oxygen atoms in total. The fraction of sp³-hybridized carbons (Fsp3) is 0.364. The van der Waals surface area contributed by atoms with E-state index in [1.165, 1.54) is 6.07 Å². The van der Waals surface area contributed by atoms with Crippen molar-refractivity contribution in [1.82, 2.24) is 5.32 Å². The Kier molecular flexibility index (Phi) is 4.74. The van der Waals surface area contributed by atoms with E-state index >= 15 is 0 Å². The van der Waals surface area contributed by atoms with Gasteiger partial charge in [-0.25, -0.2) is 4.39 Å². The Morgan fingerprint density at radius 3 is 2.75 bits per heavy atom. The first-order valence-corrected chi connectivity index (χ1v) is 6.01. The van der Waals surface area contributed by atoms with Crippen LogP contribution in [0.1, 0.15) is 24.2 Å². The van der Waals surface area contributed by atoms with E-state index in [-0.39, 0.29) is 10.6 Å². The molecule has 5 heteroatoms. The van der Waals surface area contributed by atoms with Crippen LogP contribution in [0.2, 0.25) is 5.02 Å². The van der Waals surface area contributed by atoms with Crippen LogP contribution in [-0.2, 0) is 0 Å². The van der Waals surface area contributed by atoms with E-state index in [4.69, 9.17) is 11.6 Å². The predicted octanol–water partition coefficient (Wildman–Crippen LogP) is 3.63. The number of amides is 1. The third-order valence-corrected chi connectivity index (χ3v) is 3.12. The quantitative estimate of drug-likeness (QED) is 0.849. The van der Waals surface area contributed by atoms with Crippen LogP contribution in [0, 0.1) is 11.7 Å². The maximum absolute atomic E-state index is 13.4. The molecular weight excluding hydrogens is 296 g/mol. The Morgan fingerprint density at radius 1 is 1.56 bits per heavy atom. The van der Waals surface area contributed by atoms with Gasteiger partial charge in [0.25, 0.3) is 5.91 Å². The summed E-state index contributed by atoms with van der Waals surface area (Å²) in [5.41, 5.74) is -0.00285. The van der Waals surface area contributed by atoms with Crippen molar-refractivity contribution >= 4 is 33.4 Å². The summed E-state index contributed by atoms with van der Waals surface area (Å²) in [5, 5.41) is 2.89. The third kappa shape index (κ3) is 3.46. The minimum Gasteiger partial charge on any atom is -0.352 e. The Bertz CT molecular complexity index is 409. The van der Waals surface area contributed by atoms with Gasteiger partial charge < -0.3 is 5.32 Å². The van der Waals surface area contributed by atoms with E-state index in [2.05, 4.69) is 21.2 Å². The molecule has 0 fully saturated rings. The summed E-state index contributed by atoms with van der Waals surface area (Å²) in [7, 11) is 0. The number of benzene rings is 1. The second kappa shape index (κ2) is 5.64. The van der Waals surface area contributed by atoms with Crippen molar-refractivity contribution in [3.8, 4) is 0 Å². The van der Waals surface area contributed by atoms with Gasteiger partial charge in [-0.05, 0) is 34.0 Å². The largest absolute Gasteiger partial charge is 0.352 e. The molecule has 0 bridgehead atoms. The van der Waals surface area contributed by atoms with Gasteiger partial charge in [-0.3, -0.25) is 4.79 Å². The molecule has 0 radical (unpaired) electrons. The van der Waals surface area contributed by atoms with Gasteiger partial charge in [0.05, 0.1) is 10.6 Å². The van der Waals surface area contributed by atoms with Crippen LogP contribution in [0.5, 0.6) is 0 Å². The summed E-state index contributed by atoms with van der Waals surface area (Å²) in [4.78, 5) is 11.6. The summed E-state index contributed by atoms with van der Waals surface area (Å²) in [6.07, 6.45) is 0. The topological polar surface area (TPSA) is 29.1 Å². The molecule has 0 atom stereocenters. The van der Waals surface area contributed by atoms with E-state index in [1.54, 1.807) is 0 Å². The maximum atomic E-state index is 13.4. The van der Waals surface area contributed by atoms with Gasteiger partial charge >= 0.3 is 0 Å². The molecule has 0 aliphatic rings. The lowest BCUT2D eigenvalue weighted by Gasteiger charge is -2.09. The van der Waals surface area contributed by atoms with Crippen molar-refractivity contribution in [2.45, 2.75) is 13.8 Å². The second-order valence-corrected chi connectivity index (χ2v) is 5.11. The Labute approximate surface area is 107 Å². The molecule has 0 saturated heterocycles. The van der Waals surface area contributed by atoms with Gasteiger partial charge in [0, 0.05) is 11.0 Å². The molecule has 0 spiro atoms. The minimum absolute atomic E-state index is 0.00285. The normalized spacial score (nSPS) is 10.6. The highest BCUT2D eigenvalue weighted by atomic mass is 79.9. The molecule has 0 unspecified atom stereocenters. The van der Waals surface area contributed by atoms with Crippen LogP contribution in [0.4, 0.5) is 4.39 Å². The zero-order chi connectivity index (χ0) is 12.3. The van der Waals surface area contributed by atoms with Gasteiger partial charge in [0.15, 0.2) is 0 Å². The van der Waals surface area contributed by atoms with Gasteiger partial charge in [0.2, 0.25) is 0 Å². The van der Waals surface area contributed by atoms with Crippen LogP contribution in [0.3, 0.4) is 0 Å². The number of hydrogen-bond acceptors (Lipinski definition) is 1. The number of halogens is 3.